The minimum Gasteiger partial charge on any atom is -0.385 e. The number of nitrogens with one attached hydrogen (secondary N) is 2. The minimum atomic E-state index is 1.04. The molecule has 1 aromatic rings. The van der Waals surface area contributed by atoms with Crippen molar-refractivity contribution >= 4 is 5.69 Å². The summed E-state index contributed by atoms with van der Waals surface area (Å²) in [5, 5.41) is 6.96. The van der Waals surface area contributed by atoms with Gasteiger partial charge in [-0.05, 0) is 63.0 Å². The van der Waals surface area contributed by atoms with Crippen molar-refractivity contribution in [3.05, 3.63) is 29.3 Å². The first-order valence-electron chi connectivity index (χ1n) is 7.26. The van der Waals surface area contributed by atoms with Crippen molar-refractivity contribution in [1.82, 2.24) is 5.32 Å². The summed E-state index contributed by atoms with van der Waals surface area (Å²) in [6, 6.07) is 6.57. The molecule has 0 unspecified atom stereocenters. The van der Waals surface area contributed by atoms with E-state index in [1.54, 1.807) is 0 Å². The van der Waals surface area contributed by atoms with Crippen molar-refractivity contribution in [1.29, 1.82) is 0 Å². The molecule has 0 saturated heterocycles. The van der Waals surface area contributed by atoms with Gasteiger partial charge in [-0.15, -0.1) is 0 Å². The fourth-order valence-electron chi connectivity index (χ4n) is 1.92. The van der Waals surface area contributed by atoms with Gasteiger partial charge in [-0.2, -0.15) is 0 Å². The molecule has 0 aromatic heterocycles. The Bertz CT molecular complexity index is 334. The lowest BCUT2D eigenvalue weighted by Gasteiger charge is -2.09. The predicted octanol–water partition coefficient (Wildman–Crippen LogP) is 3.89. The highest BCUT2D eigenvalue weighted by Crippen LogP contribution is 2.13. The van der Waals surface area contributed by atoms with Crippen molar-refractivity contribution in [2.24, 2.45) is 0 Å². The monoisotopic (exact) mass is 248 g/mol. The van der Waals surface area contributed by atoms with Gasteiger partial charge in [0.1, 0.15) is 0 Å². The number of rotatable bonds is 9. The smallest absolute Gasteiger partial charge is 0.0343 e. The molecule has 18 heavy (non-hydrogen) atoms. The fourth-order valence-corrected chi connectivity index (χ4v) is 1.92. The van der Waals surface area contributed by atoms with Gasteiger partial charge >= 0.3 is 0 Å². The highest BCUT2D eigenvalue weighted by molar-refractivity contribution is 5.47. The second-order valence-corrected chi connectivity index (χ2v) is 5.04. The Morgan fingerprint density at radius 1 is 0.889 bits per heavy atom. The van der Waals surface area contributed by atoms with Crippen LogP contribution in [0.2, 0.25) is 0 Å². The molecule has 0 saturated carbocycles. The Kier molecular flexibility index (Phi) is 7.51. The van der Waals surface area contributed by atoms with E-state index >= 15 is 0 Å². The maximum Gasteiger partial charge on any atom is 0.0343 e. The number of anilines is 1. The average molecular weight is 248 g/mol. The summed E-state index contributed by atoms with van der Waals surface area (Å²) in [7, 11) is 0. The highest BCUT2D eigenvalue weighted by atomic mass is 14.9. The van der Waals surface area contributed by atoms with Crippen molar-refractivity contribution in [2.45, 2.75) is 46.5 Å². The standard InChI is InChI=1S/C16H28N2/c1-4-5-6-10-17-11-7-12-18-16-9-8-14(2)15(3)13-16/h8-9,13,17-18H,4-7,10-12H2,1-3H3. The summed E-state index contributed by atoms with van der Waals surface area (Å²) in [6.45, 7) is 9.88. The van der Waals surface area contributed by atoms with Crippen LogP contribution in [0.15, 0.2) is 18.2 Å². The number of hydrogen-bond donors (Lipinski definition) is 2. The molecule has 2 heteroatoms. The molecular formula is C16H28N2. The van der Waals surface area contributed by atoms with E-state index in [4.69, 9.17) is 0 Å². The van der Waals surface area contributed by atoms with Crippen LogP contribution in [0.1, 0.15) is 43.7 Å². The van der Waals surface area contributed by atoms with Gasteiger partial charge in [0.05, 0.1) is 0 Å². The maximum absolute atomic E-state index is 3.49. The molecule has 0 atom stereocenters. The molecule has 0 aliphatic heterocycles. The second-order valence-electron chi connectivity index (χ2n) is 5.04. The first-order valence-corrected chi connectivity index (χ1v) is 7.26. The van der Waals surface area contributed by atoms with Crippen LogP contribution < -0.4 is 10.6 Å². The Hall–Kier alpha value is -1.02. The first-order chi connectivity index (χ1) is 8.74. The third-order valence-corrected chi connectivity index (χ3v) is 3.32. The van der Waals surface area contributed by atoms with E-state index in [2.05, 4.69) is 49.6 Å². The Labute approximate surface area is 112 Å². The molecule has 0 radical (unpaired) electrons. The molecule has 0 heterocycles. The van der Waals surface area contributed by atoms with Crippen LogP contribution in [0.4, 0.5) is 5.69 Å². The molecule has 0 amide bonds. The van der Waals surface area contributed by atoms with Gasteiger partial charge in [-0.3, -0.25) is 0 Å². The summed E-state index contributed by atoms with van der Waals surface area (Å²) in [5.41, 5.74) is 3.96. The van der Waals surface area contributed by atoms with E-state index < -0.39 is 0 Å². The molecule has 0 aliphatic rings. The summed E-state index contributed by atoms with van der Waals surface area (Å²) < 4.78 is 0. The Balaban J connectivity index is 2.05. The lowest BCUT2D eigenvalue weighted by molar-refractivity contribution is 0.606. The molecule has 2 nitrogen and oxygen atoms in total. The van der Waals surface area contributed by atoms with Crippen LogP contribution in [-0.2, 0) is 0 Å². The van der Waals surface area contributed by atoms with Crippen molar-refractivity contribution in [2.75, 3.05) is 25.0 Å². The third-order valence-electron chi connectivity index (χ3n) is 3.32. The Morgan fingerprint density at radius 3 is 2.39 bits per heavy atom. The minimum absolute atomic E-state index is 1.04. The van der Waals surface area contributed by atoms with Crippen molar-refractivity contribution in [3.63, 3.8) is 0 Å². The molecule has 0 aliphatic carbocycles. The fraction of sp³-hybridized carbons (Fsp3) is 0.625. The number of benzene rings is 1. The summed E-state index contributed by atoms with van der Waals surface area (Å²) in [5.74, 6) is 0. The van der Waals surface area contributed by atoms with Crippen LogP contribution in [0.25, 0.3) is 0 Å². The van der Waals surface area contributed by atoms with E-state index in [0.717, 1.165) is 19.6 Å². The van der Waals surface area contributed by atoms with E-state index in [0.29, 0.717) is 0 Å². The van der Waals surface area contributed by atoms with Gasteiger partial charge in [0, 0.05) is 12.2 Å². The Morgan fingerprint density at radius 2 is 1.67 bits per heavy atom. The van der Waals surface area contributed by atoms with Crippen LogP contribution in [0.5, 0.6) is 0 Å². The lowest BCUT2D eigenvalue weighted by atomic mass is 10.1. The highest BCUT2D eigenvalue weighted by Gasteiger charge is 1.95. The van der Waals surface area contributed by atoms with Gasteiger partial charge in [0.25, 0.3) is 0 Å². The lowest BCUT2D eigenvalue weighted by Crippen LogP contribution is -2.19. The normalized spacial score (nSPS) is 10.6. The largest absolute Gasteiger partial charge is 0.385 e. The van der Waals surface area contributed by atoms with Crippen LogP contribution in [0, 0.1) is 13.8 Å². The van der Waals surface area contributed by atoms with Crippen LogP contribution >= 0.6 is 0 Å². The number of aryl methyl sites for hydroxylation is 2. The molecule has 0 spiro atoms. The number of hydrogen-bond acceptors (Lipinski definition) is 2. The molecule has 2 N–H and O–H groups in total. The summed E-state index contributed by atoms with van der Waals surface area (Å²) in [4.78, 5) is 0. The molecule has 1 aromatic carbocycles. The SMILES string of the molecule is CCCCCNCCCNc1ccc(C)c(C)c1. The molecule has 0 fully saturated rings. The summed E-state index contributed by atoms with van der Waals surface area (Å²) >= 11 is 0. The quantitative estimate of drug-likeness (QED) is 0.648. The van der Waals surface area contributed by atoms with Crippen molar-refractivity contribution < 1.29 is 0 Å². The van der Waals surface area contributed by atoms with E-state index in [9.17, 15) is 0 Å². The zero-order chi connectivity index (χ0) is 13.2. The van der Waals surface area contributed by atoms with Crippen LogP contribution in [-0.4, -0.2) is 19.6 Å². The van der Waals surface area contributed by atoms with E-state index in [1.807, 2.05) is 0 Å². The zero-order valence-electron chi connectivity index (χ0n) is 12.2. The molecule has 102 valence electrons. The van der Waals surface area contributed by atoms with Crippen LogP contribution in [0.3, 0.4) is 0 Å². The molecule has 1 rings (SSSR count). The van der Waals surface area contributed by atoms with Gasteiger partial charge in [-0.25, -0.2) is 0 Å². The average Bonchev–Trinajstić information content (AvgIpc) is 2.37. The van der Waals surface area contributed by atoms with Gasteiger partial charge in [0.2, 0.25) is 0 Å². The molecule has 0 bridgehead atoms. The van der Waals surface area contributed by atoms with Gasteiger partial charge < -0.3 is 10.6 Å². The maximum atomic E-state index is 3.49. The topological polar surface area (TPSA) is 24.1 Å². The number of unbranched alkanes of at least 4 members (excludes halogenated alkanes) is 2. The van der Waals surface area contributed by atoms with Gasteiger partial charge in [-0.1, -0.05) is 25.8 Å². The predicted molar refractivity (Wildman–Crippen MR) is 81.4 cm³/mol. The first kappa shape index (κ1) is 15.0. The van der Waals surface area contributed by atoms with Crippen molar-refractivity contribution in [3.8, 4) is 0 Å². The van der Waals surface area contributed by atoms with E-state index in [1.165, 1.54) is 42.5 Å². The third kappa shape index (κ3) is 6.06. The second kappa shape index (κ2) is 8.98. The van der Waals surface area contributed by atoms with E-state index in [-0.39, 0.29) is 0 Å². The molecular weight excluding hydrogens is 220 g/mol. The summed E-state index contributed by atoms with van der Waals surface area (Å²) in [6.07, 6.45) is 5.13. The van der Waals surface area contributed by atoms with Gasteiger partial charge in [0.15, 0.2) is 0 Å². The zero-order valence-corrected chi connectivity index (χ0v) is 12.2.